The Hall–Kier alpha value is -0.900. The standard InChI is InChI=1S/C18H30N4O2S.HI/c1-12-9-22(10-13(12)16(23)24-6)17(19-5)20-8-7-15-21-14(11-25-15)18(2,3)4;/h11-13H,7-10H2,1-6H3,(H,19,20);1H. The van der Waals surface area contributed by atoms with E-state index in [4.69, 9.17) is 9.72 Å². The number of halogens is 1. The summed E-state index contributed by atoms with van der Waals surface area (Å²) in [6.45, 7) is 10.9. The van der Waals surface area contributed by atoms with E-state index in [1.165, 1.54) is 7.11 Å². The topological polar surface area (TPSA) is 66.8 Å². The Morgan fingerprint density at radius 3 is 2.69 bits per heavy atom. The Balaban J connectivity index is 0.00000338. The molecule has 1 saturated heterocycles. The largest absolute Gasteiger partial charge is 0.469 e. The van der Waals surface area contributed by atoms with Gasteiger partial charge in [-0.05, 0) is 5.92 Å². The Morgan fingerprint density at radius 1 is 1.46 bits per heavy atom. The van der Waals surface area contributed by atoms with E-state index in [2.05, 4.69) is 48.3 Å². The third-order valence-corrected chi connectivity index (χ3v) is 5.48. The van der Waals surface area contributed by atoms with Crippen LogP contribution in [-0.2, 0) is 21.4 Å². The predicted octanol–water partition coefficient (Wildman–Crippen LogP) is 2.92. The molecule has 0 amide bonds. The summed E-state index contributed by atoms with van der Waals surface area (Å²) in [6, 6.07) is 0. The van der Waals surface area contributed by atoms with E-state index in [9.17, 15) is 4.79 Å². The average molecular weight is 494 g/mol. The van der Waals surface area contributed by atoms with Gasteiger partial charge in [0.25, 0.3) is 0 Å². The minimum absolute atomic E-state index is 0. The number of methoxy groups -OCH3 is 1. The molecule has 0 bridgehead atoms. The number of hydrogen-bond donors (Lipinski definition) is 1. The highest BCUT2D eigenvalue weighted by Gasteiger charge is 2.36. The van der Waals surface area contributed by atoms with Crippen LogP contribution in [0.25, 0.3) is 0 Å². The van der Waals surface area contributed by atoms with Gasteiger partial charge >= 0.3 is 5.97 Å². The average Bonchev–Trinajstić information content (AvgIpc) is 3.17. The first kappa shape index (κ1) is 23.1. The van der Waals surface area contributed by atoms with Gasteiger partial charge in [0.05, 0.1) is 23.7 Å². The minimum atomic E-state index is -0.136. The zero-order chi connectivity index (χ0) is 18.6. The number of carbonyl (C=O) groups is 1. The smallest absolute Gasteiger partial charge is 0.310 e. The Labute approximate surface area is 177 Å². The predicted molar refractivity (Wildman–Crippen MR) is 118 cm³/mol. The van der Waals surface area contributed by atoms with Crippen molar-refractivity contribution < 1.29 is 9.53 Å². The maximum atomic E-state index is 11.8. The number of likely N-dealkylation sites (tertiary alicyclic amines) is 1. The minimum Gasteiger partial charge on any atom is -0.469 e. The zero-order valence-corrected chi connectivity index (χ0v) is 19.7. The van der Waals surface area contributed by atoms with E-state index < -0.39 is 0 Å². The van der Waals surface area contributed by atoms with Crippen LogP contribution in [-0.4, -0.2) is 55.6 Å². The molecule has 2 heterocycles. The first-order valence-electron chi connectivity index (χ1n) is 8.74. The quantitative estimate of drug-likeness (QED) is 0.302. The molecule has 2 rings (SSSR count). The number of esters is 1. The van der Waals surface area contributed by atoms with Crippen LogP contribution < -0.4 is 5.32 Å². The second kappa shape index (κ2) is 9.87. The summed E-state index contributed by atoms with van der Waals surface area (Å²) < 4.78 is 4.90. The maximum absolute atomic E-state index is 11.8. The summed E-state index contributed by atoms with van der Waals surface area (Å²) in [5.41, 5.74) is 1.23. The molecule has 6 nitrogen and oxygen atoms in total. The number of aromatic nitrogens is 1. The lowest BCUT2D eigenvalue weighted by Gasteiger charge is -2.21. The van der Waals surface area contributed by atoms with Gasteiger partial charge in [0, 0.05) is 43.9 Å². The van der Waals surface area contributed by atoms with Crippen LogP contribution >= 0.6 is 35.3 Å². The summed E-state index contributed by atoms with van der Waals surface area (Å²) in [4.78, 5) is 23.1. The summed E-state index contributed by atoms with van der Waals surface area (Å²) in [5, 5.41) is 6.68. The van der Waals surface area contributed by atoms with Crippen LogP contribution in [0.3, 0.4) is 0 Å². The van der Waals surface area contributed by atoms with E-state index in [1.807, 2.05) is 0 Å². The lowest BCUT2D eigenvalue weighted by atomic mass is 9.93. The van der Waals surface area contributed by atoms with Crippen LogP contribution in [0.1, 0.15) is 38.4 Å². The van der Waals surface area contributed by atoms with Crippen molar-refractivity contribution in [3.63, 3.8) is 0 Å². The molecular weight excluding hydrogens is 463 g/mol. The van der Waals surface area contributed by atoms with Gasteiger partial charge in [-0.25, -0.2) is 4.98 Å². The third-order valence-electron chi connectivity index (χ3n) is 4.57. The van der Waals surface area contributed by atoms with Crippen molar-refractivity contribution in [2.45, 2.75) is 39.5 Å². The molecule has 1 aromatic heterocycles. The van der Waals surface area contributed by atoms with Crippen molar-refractivity contribution in [2.24, 2.45) is 16.8 Å². The van der Waals surface area contributed by atoms with Crippen LogP contribution in [0.4, 0.5) is 0 Å². The number of carbonyl (C=O) groups excluding carboxylic acids is 1. The van der Waals surface area contributed by atoms with Crippen molar-refractivity contribution in [3.05, 3.63) is 16.1 Å². The number of thiazole rings is 1. The lowest BCUT2D eigenvalue weighted by Crippen LogP contribution is -2.41. The highest BCUT2D eigenvalue weighted by Crippen LogP contribution is 2.25. The fraction of sp³-hybridized carbons (Fsp3) is 0.722. The summed E-state index contributed by atoms with van der Waals surface area (Å²) in [6.07, 6.45) is 0.865. The molecule has 0 aromatic carbocycles. The van der Waals surface area contributed by atoms with Crippen LogP contribution in [0, 0.1) is 11.8 Å². The normalized spacial score (nSPS) is 20.7. The Kier molecular flexibility index (Phi) is 8.78. The molecule has 2 atom stereocenters. The zero-order valence-electron chi connectivity index (χ0n) is 16.5. The number of guanidine groups is 1. The third kappa shape index (κ3) is 5.80. The summed E-state index contributed by atoms with van der Waals surface area (Å²) in [5.74, 6) is 0.880. The monoisotopic (exact) mass is 494 g/mol. The van der Waals surface area contributed by atoms with Crippen molar-refractivity contribution in [1.29, 1.82) is 0 Å². The van der Waals surface area contributed by atoms with Gasteiger partial charge in [-0.15, -0.1) is 35.3 Å². The number of ether oxygens (including phenoxy) is 1. The highest BCUT2D eigenvalue weighted by molar-refractivity contribution is 14.0. The molecule has 2 unspecified atom stereocenters. The molecule has 1 aliphatic rings. The van der Waals surface area contributed by atoms with Crippen molar-refractivity contribution in [1.82, 2.24) is 15.2 Å². The highest BCUT2D eigenvalue weighted by atomic mass is 127. The molecule has 26 heavy (non-hydrogen) atoms. The molecule has 148 valence electrons. The molecular formula is C18H31IN4O2S. The molecule has 1 N–H and O–H groups in total. The van der Waals surface area contributed by atoms with Gasteiger partial charge in [0.1, 0.15) is 0 Å². The van der Waals surface area contributed by atoms with Crippen molar-refractivity contribution in [2.75, 3.05) is 33.8 Å². The van der Waals surface area contributed by atoms with Crippen molar-refractivity contribution in [3.8, 4) is 0 Å². The van der Waals surface area contributed by atoms with Crippen LogP contribution in [0.2, 0.25) is 0 Å². The van der Waals surface area contributed by atoms with Gasteiger partial charge in [-0.1, -0.05) is 27.7 Å². The number of nitrogens with one attached hydrogen (secondary N) is 1. The summed E-state index contributed by atoms with van der Waals surface area (Å²) in [7, 11) is 3.23. The van der Waals surface area contributed by atoms with Gasteiger partial charge in [0.2, 0.25) is 0 Å². The lowest BCUT2D eigenvalue weighted by molar-refractivity contribution is -0.145. The molecule has 1 aliphatic heterocycles. The molecule has 0 aliphatic carbocycles. The first-order chi connectivity index (χ1) is 11.8. The van der Waals surface area contributed by atoms with Crippen molar-refractivity contribution >= 4 is 47.2 Å². The molecule has 0 saturated carbocycles. The van der Waals surface area contributed by atoms with Gasteiger partial charge in [-0.3, -0.25) is 9.79 Å². The number of rotatable bonds is 4. The second-order valence-electron chi connectivity index (χ2n) is 7.61. The van der Waals surface area contributed by atoms with Crippen LogP contribution in [0.15, 0.2) is 10.4 Å². The molecule has 1 aromatic rings. The van der Waals surface area contributed by atoms with Gasteiger partial charge in [-0.2, -0.15) is 0 Å². The fourth-order valence-corrected chi connectivity index (χ4v) is 4.01. The SMILES string of the molecule is CN=C(NCCc1nc(C(C)(C)C)cs1)N1CC(C)C(C(=O)OC)C1.I. The molecule has 0 radical (unpaired) electrons. The molecule has 8 heteroatoms. The second-order valence-corrected chi connectivity index (χ2v) is 8.56. The number of hydrogen-bond acceptors (Lipinski definition) is 5. The fourth-order valence-electron chi connectivity index (χ4n) is 2.98. The molecule has 1 fully saturated rings. The van der Waals surface area contributed by atoms with E-state index in [-0.39, 0.29) is 47.2 Å². The first-order valence-corrected chi connectivity index (χ1v) is 9.62. The van der Waals surface area contributed by atoms with Gasteiger partial charge < -0.3 is 15.0 Å². The van der Waals surface area contributed by atoms with E-state index in [0.717, 1.165) is 36.2 Å². The Morgan fingerprint density at radius 2 is 2.15 bits per heavy atom. The number of nitrogens with zero attached hydrogens (tertiary/aromatic N) is 3. The van der Waals surface area contributed by atoms with E-state index in [1.54, 1.807) is 18.4 Å². The van der Waals surface area contributed by atoms with E-state index >= 15 is 0 Å². The van der Waals surface area contributed by atoms with Crippen LogP contribution in [0.5, 0.6) is 0 Å². The van der Waals surface area contributed by atoms with Gasteiger partial charge in [0.15, 0.2) is 5.96 Å². The van der Waals surface area contributed by atoms with E-state index in [0.29, 0.717) is 6.54 Å². The number of aliphatic imine (C=N–C) groups is 1. The summed E-state index contributed by atoms with van der Waals surface area (Å²) >= 11 is 1.71. The molecule has 0 spiro atoms. The Bertz CT molecular complexity index is 627. The maximum Gasteiger partial charge on any atom is 0.310 e.